The number of thiocarbonyl (C=S) groups is 1. The molecule has 88 valence electrons. The molecule has 0 aliphatic heterocycles. The minimum absolute atomic E-state index is 0.110. The van der Waals surface area contributed by atoms with Crippen LogP contribution in [0.1, 0.15) is 32.6 Å². The molecule has 2 nitrogen and oxygen atoms in total. The number of hydrogen-bond donors (Lipinski definition) is 2. The Morgan fingerprint density at radius 3 is 2.40 bits per heavy atom. The van der Waals surface area contributed by atoms with Crippen molar-refractivity contribution in [1.82, 2.24) is 10.6 Å². The van der Waals surface area contributed by atoms with Crippen LogP contribution in [-0.2, 0) is 0 Å². The first-order valence-electron chi connectivity index (χ1n) is 5.04. The van der Waals surface area contributed by atoms with Crippen LogP contribution >= 0.6 is 12.2 Å². The first kappa shape index (κ1) is 12.5. The predicted octanol–water partition coefficient (Wildman–Crippen LogP) is 2.35. The van der Waals surface area contributed by atoms with Crippen LogP contribution < -0.4 is 10.6 Å². The minimum atomic E-state index is -4.20. The molecule has 0 aromatic rings. The fraction of sp³-hybridized carbons (Fsp3) is 0.889. The molecule has 0 atom stereocenters. The van der Waals surface area contributed by atoms with E-state index in [9.17, 15) is 13.2 Å². The maximum absolute atomic E-state index is 12.5. The summed E-state index contributed by atoms with van der Waals surface area (Å²) in [7, 11) is 0. The van der Waals surface area contributed by atoms with Gasteiger partial charge < -0.3 is 10.6 Å². The predicted molar refractivity (Wildman–Crippen MR) is 56.7 cm³/mol. The Labute approximate surface area is 92.6 Å². The van der Waals surface area contributed by atoms with Crippen molar-refractivity contribution in [3.05, 3.63) is 0 Å². The lowest BCUT2D eigenvalue weighted by Crippen LogP contribution is -2.51. The summed E-state index contributed by atoms with van der Waals surface area (Å²) < 4.78 is 37.5. The van der Waals surface area contributed by atoms with Gasteiger partial charge in [0.1, 0.15) is 5.54 Å². The molecule has 6 heteroatoms. The lowest BCUT2D eigenvalue weighted by molar-refractivity contribution is -0.161. The van der Waals surface area contributed by atoms with Crippen molar-refractivity contribution in [2.45, 2.75) is 44.3 Å². The Morgan fingerprint density at radius 1 is 1.40 bits per heavy atom. The number of rotatable bonds is 4. The summed E-state index contributed by atoms with van der Waals surface area (Å²) in [5.74, 6) is 0. The van der Waals surface area contributed by atoms with Crippen molar-refractivity contribution in [2.75, 3.05) is 6.54 Å². The van der Waals surface area contributed by atoms with Gasteiger partial charge in [0, 0.05) is 6.54 Å². The fourth-order valence-corrected chi connectivity index (χ4v) is 1.54. The van der Waals surface area contributed by atoms with Gasteiger partial charge in [0.15, 0.2) is 5.11 Å². The van der Waals surface area contributed by atoms with E-state index >= 15 is 0 Å². The fourth-order valence-electron chi connectivity index (χ4n) is 1.24. The zero-order valence-electron chi connectivity index (χ0n) is 8.58. The van der Waals surface area contributed by atoms with Crippen LogP contribution in [0.5, 0.6) is 0 Å². The molecule has 1 aliphatic rings. The number of hydrogen-bond acceptors (Lipinski definition) is 1. The molecular formula is C9H15F3N2S. The summed E-state index contributed by atoms with van der Waals surface area (Å²) in [6.45, 7) is 2.63. The van der Waals surface area contributed by atoms with E-state index in [1.54, 1.807) is 0 Å². The third-order valence-corrected chi connectivity index (χ3v) is 2.71. The molecule has 0 aromatic carbocycles. The van der Waals surface area contributed by atoms with Crippen LogP contribution in [-0.4, -0.2) is 23.4 Å². The smallest absolute Gasteiger partial charge is 0.363 e. The molecule has 0 unspecified atom stereocenters. The van der Waals surface area contributed by atoms with Gasteiger partial charge in [-0.25, -0.2) is 0 Å². The first-order chi connectivity index (χ1) is 6.91. The van der Waals surface area contributed by atoms with E-state index < -0.39 is 11.7 Å². The average molecular weight is 240 g/mol. The molecule has 0 aromatic heterocycles. The molecule has 1 fully saturated rings. The van der Waals surface area contributed by atoms with Crippen molar-refractivity contribution in [3.63, 3.8) is 0 Å². The van der Waals surface area contributed by atoms with Gasteiger partial charge in [-0.15, -0.1) is 0 Å². The molecule has 0 saturated heterocycles. The molecule has 0 radical (unpaired) electrons. The van der Waals surface area contributed by atoms with Crippen molar-refractivity contribution < 1.29 is 13.2 Å². The molecule has 0 bridgehead atoms. The molecule has 1 saturated carbocycles. The van der Waals surface area contributed by atoms with Gasteiger partial charge >= 0.3 is 6.18 Å². The van der Waals surface area contributed by atoms with E-state index in [1.165, 1.54) is 0 Å². The van der Waals surface area contributed by atoms with Crippen molar-refractivity contribution in [2.24, 2.45) is 0 Å². The van der Waals surface area contributed by atoms with Crippen LogP contribution in [0.4, 0.5) is 13.2 Å². The summed E-state index contributed by atoms with van der Waals surface area (Å²) in [5, 5.41) is 5.24. The van der Waals surface area contributed by atoms with E-state index in [2.05, 4.69) is 10.6 Å². The zero-order valence-corrected chi connectivity index (χ0v) is 9.39. The Kier molecular flexibility index (Phi) is 3.81. The molecule has 0 heterocycles. The highest BCUT2D eigenvalue weighted by molar-refractivity contribution is 7.80. The van der Waals surface area contributed by atoms with Crippen molar-refractivity contribution >= 4 is 17.3 Å². The summed E-state index contributed by atoms with van der Waals surface area (Å²) >= 11 is 4.80. The Balaban J connectivity index is 2.32. The second-order valence-electron chi connectivity index (χ2n) is 3.81. The molecule has 0 spiro atoms. The lowest BCUT2D eigenvalue weighted by Gasteiger charge is -2.22. The van der Waals surface area contributed by atoms with Crippen LogP contribution in [0.25, 0.3) is 0 Å². The van der Waals surface area contributed by atoms with E-state index in [1.807, 2.05) is 6.92 Å². The third-order valence-electron chi connectivity index (χ3n) is 2.46. The van der Waals surface area contributed by atoms with E-state index in [0.717, 1.165) is 12.8 Å². The SMILES string of the molecule is CCCCNC(=S)NC1(C(F)(F)F)CC1. The number of unbranched alkanes of at least 4 members (excludes halogenated alkanes) is 1. The topological polar surface area (TPSA) is 24.1 Å². The van der Waals surface area contributed by atoms with Gasteiger partial charge in [-0.05, 0) is 31.5 Å². The zero-order chi connectivity index (χ0) is 11.5. The number of alkyl halides is 3. The Morgan fingerprint density at radius 2 is 2.00 bits per heavy atom. The quantitative estimate of drug-likeness (QED) is 0.582. The first-order valence-corrected chi connectivity index (χ1v) is 5.45. The highest BCUT2D eigenvalue weighted by Gasteiger charge is 2.63. The molecular weight excluding hydrogens is 225 g/mol. The summed E-state index contributed by atoms with van der Waals surface area (Å²) in [5.41, 5.74) is -1.75. The van der Waals surface area contributed by atoms with E-state index in [0.29, 0.717) is 6.54 Å². The van der Waals surface area contributed by atoms with Gasteiger partial charge in [0.05, 0.1) is 0 Å². The van der Waals surface area contributed by atoms with Gasteiger partial charge in [-0.3, -0.25) is 0 Å². The molecule has 0 amide bonds. The highest BCUT2D eigenvalue weighted by atomic mass is 32.1. The minimum Gasteiger partial charge on any atom is -0.363 e. The lowest BCUT2D eigenvalue weighted by atomic mass is 10.2. The van der Waals surface area contributed by atoms with Crippen LogP contribution in [0.3, 0.4) is 0 Å². The third kappa shape index (κ3) is 3.22. The van der Waals surface area contributed by atoms with Crippen LogP contribution in [0, 0.1) is 0 Å². The van der Waals surface area contributed by atoms with Gasteiger partial charge in [0.2, 0.25) is 0 Å². The monoisotopic (exact) mass is 240 g/mol. The van der Waals surface area contributed by atoms with Gasteiger partial charge in [-0.2, -0.15) is 13.2 Å². The molecule has 2 N–H and O–H groups in total. The average Bonchev–Trinajstić information content (AvgIpc) is 2.84. The Hall–Kier alpha value is -0.520. The van der Waals surface area contributed by atoms with Crippen molar-refractivity contribution in [1.29, 1.82) is 0 Å². The summed E-state index contributed by atoms with van der Waals surface area (Å²) in [6.07, 6.45) is -2.08. The van der Waals surface area contributed by atoms with Gasteiger partial charge in [-0.1, -0.05) is 13.3 Å². The second-order valence-corrected chi connectivity index (χ2v) is 4.22. The standard InChI is InChI=1S/C9H15F3N2S/c1-2-3-6-13-7(15)14-8(4-5-8)9(10,11)12/h2-6H2,1H3,(H2,13,14,15). The van der Waals surface area contributed by atoms with Crippen LogP contribution in [0.15, 0.2) is 0 Å². The summed E-state index contributed by atoms with van der Waals surface area (Å²) in [6, 6.07) is 0. The number of halogens is 3. The summed E-state index contributed by atoms with van der Waals surface area (Å²) in [4.78, 5) is 0. The van der Waals surface area contributed by atoms with Crippen LogP contribution in [0.2, 0.25) is 0 Å². The molecule has 1 aliphatic carbocycles. The van der Waals surface area contributed by atoms with Gasteiger partial charge in [0.25, 0.3) is 0 Å². The number of nitrogens with one attached hydrogen (secondary N) is 2. The maximum Gasteiger partial charge on any atom is 0.411 e. The second kappa shape index (κ2) is 4.55. The Bertz CT molecular complexity index is 236. The van der Waals surface area contributed by atoms with E-state index in [-0.39, 0.29) is 18.0 Å². The molecule has 15 heavy (non-hydrogen) atoms. The normalized spacial score (nSPS) is 18.4. The highest BCUT2D eigenvalue weighted by Crippen LogP contribution is 2.48. The maximum atomic E-state index is 12.5. The molecule has 1 rings (SSSR count). The van der Waals surface area contributed by atoms with E-state index in [4.69, 9.17) is 12.2 Å². The largest absolute Gasteiger partial charge is 0.411 e. The van der Waals surface area contributed by atoms with Crippen molar-refractivity contribution in [3.8, 4) is 0 Å².